The maximum atomic E-state index is 12.4. The lowest BCUT2D eigenvalue weighted by Crippen LogP contribution is -2.22. The van der Waals surface area contributed by atoms with Crippen molar-refractivity contribution in [3.05, 3.63) is 69.1 Å². The van der Waals surface area contributed by atoms with Gasteiger partial charge in [-0.2, -0.15) is 0 Å². The van der Waals surface area contributed by atoms with Crippen molar-refractivity contribution in [3.63, 3.8) is 0 Å². The molecule has 3 N–H and O–H groups in total. The summed E-state index contributed by atoms with van der Waals surface area (Å²) in [5.74, 6) is 0.918. The Kier molecular flexibility index (Phi) is 6.01. The van der Waals surface area contributed by atoms with E-state index in [-0.39, 0.29) is 13.4 Å². The van der Waals surface area contributed by atoms with E-state index in [1.807, 2.05) is 25.1 Å². The number of hydrogen-bond acceptors (Lipinski definition) is 6. The third kappa shape index (κ3) is 4.76. The van der Waals surface area contributed by atoms with E-state index < -0.39 is 11.8 Å². The van der Waals surface area contributed by atoms with Gasteiger partial charge in [-0.1, -0.05) is 17.7 Å². The molecular weight excluding hydrogens is 440 g/mol. The van der Waals surface area contributed by atoms with Crippen molar-refractivity contribution in [2.75, 3.05) is 18.7 Å². The number of hydrogen-bond donors (Lipinski definition) is 2. The average Bonchev–Trinajstić information content (AvgIpc) is 3.31. The molecule has 0 fully saturated rings. The highest BCUT2D eigenvalue weighted by atomic mass is 35.5. The molecule has 9 heteroatoms. The van der Waals surface area contributed by atoms with Crippen LogP contribution in [0.5, 0.6) is 17.2 Å². The zero-order valence-electron chi connectivity index (χ0n) is 16.6. The molecule has 0 radical (unpaired) electrons. The fourth-order valence-corrected chi connectivity index (χ4v) is 4.58. The average molecular weight is 459 g/mol. The Balaban J connectivity index is 1.48. The van der Waals surface area contributed by atoms with Crippen LogP contribution in [0.3, 0.4) is 0 Å². The zero-order valence-corrected chi connectivity index (χ0v) is 18.1. The lowest BCUT2D eigenvalue weighted by molar-refractivity contribution is -0.118. The summed E-state index contributed by atoms with van der Waals surface area (Å²) in [6.45, 7) is 1.81. The highest BCUT2D eigenvalue weighted by Crippen LogP contribution is 2.37. The Morgan fingerprint density at radius 2 is 1.90 bits per heavy atom. The van der Waals surface area contributed by atoms with E-state index in [0.29, 0.717) is 39.3 Å². The molecule has 4 rings (SSSR count). The van der Waals surface area contributed by atoms with E-state index in [1.165, 1.54) is 11.3 Å². The molecule has 160 valence electrons. The van der Waals surface area contributed by atoms with Crippen LogP contribution < -0.4 is 25.3 Å². The van der Waals surface area contributed by atoms with Gasteiger partial charge in [0.2, 0.25) is 6.79 Å². The molecule has 1 aromatic heterocycles. The van der Waals surface area contributed by atoms with Gasteiger partial charge in [-0.3, -0.25) is 9.59 Å². The molecule has 0 unspecified atom stereocenters. The monoisotopic (exact) mass is 458 g/mol. The molecule has 31 heavy (non-hydrogen) atoms. The molecule has 2 aromatic carbocycles. The van der Waals surface area contributed by atoms with Crippen LogP contribution in [0.4, 0.5) is 5.00 Å². The number of rotatable bonds is 7. The Hall–Kier alpha value is -3.23. The zero-order chi connectivity index (χ0) is 22.0. The molecule has 0 saturated carbocycles. The summed E-state index contributed by atoms with van der Waals surface area (Å²) in [7, 11) is 0. The SMILES string of the molecule is Cc1c(Cc2ccc3c(c2)OCO3)sc(NC(=O)COc2ccc(Cl)cc2)c1C(N)=O. The highest BCUT2D eigenvalue weighted by Gasteiger charge is 2.22. The number of benzene rings is 2. The minimum atomic E-state index is -0.598. The molecule has 2 heterocycles. The maximum absolute atomic E-state index is 12.4. The van der Waals surface area contributed by atoms with Crippen molar-refractivity contribution in [3.8, 4) is 17.2 Å². The van der Waals surface area contributed by atoms with E-state index in [9.17, 15) is 9.59 Å². The summed E-state index contributed by atoms with van der Waals surface area (Å²) < 4.78 is 16.2. The van der Waals surface area contributed by atoms with Crippen LogP contribution in [0.2, 0.25) is 5.02 Å². The van der Waals surface area contributed by atoms with Crippen LogP contribution in [0, 0.1) is 6.92 Å². The quantitative estimate of drug-likeness (QED) is 0.554. The predicted octanol–water partition coefficient (Wildman–Crippen LogP) is 4.15. The summed E-state index contributed by atoms with van der Waals surface area (Å²) in [5, 5.41) is 3.73. The summed E-state index contributed by atoms with van der Waals surface area (Å²) in [6.07, 6.45) is 0.560. The third-order valence-electron chi connectivity index (χ3n) is 4.73. The molecule has 2 amide bonds. The summed E-state index contributed by atoms with van der Waals surface area (Å²) in [4.78, 5) is 25.4. The van der Waals surface area contributed by atoms with Crippen LogP contribution in [-0.2, 0) is 11.2 Å². The van der Waals surface area contributed by atoms with Crippen LogP contribution in [0.25, 0.3) is 0 Å². The van der Waals surface area contributed by atoms with Crippen molar-refractivity contribution in [1.82, 2.24) is 0 Å². The van der Waals surface area contributed by atoms with E-state index in [4.69, 9.17) is 31.5 Å². The topological polar surface area (TPSA) is 99.9 Å². The Morgan fingerprint density at radius 1 is 1.16 bits per heavy atom. The molecule has 1 aliphatic rings. The first-order chi connectivity index (χ1) is 14.9. The van der Waals surface area contributed by atoms with E-state index >= 15 is 0 Å². The second kappa shape index (κ2) is 8.87. The molecule has 0 aliphatic carbocycles. The number of nitrogens with two attached hydrogens (primary N) is 1. The van der Waals surface area contributed by atoms with Gasteiger partial charge in [-0.05, 0) is 54.4 Å². The molecule has 1 aliphatic heterocycles. The first-order valence-electron chi connectivity index (χ1n) is 9.39. The number of halogens is 1. The minimum Gasteiger partial charge on any atom is -0.484 e. The van der Waals surface area contributed by atoms with E-state index in [2.05, 4.69) is 5.32 Å². The van der Waals surface area contributed by atoms with Crippen LogP contribution in [0.1, 0.15) is 26.4 Å². The van der Waals surface area contributed by atoms with Gasteiger partial charge >= 0.3 is 0 Å². The number of anilines is 1. The van der Waals surface area contributed by atoms with E-state index in [1.54, 1.807) is 24.3 Å². The molecule has 0 atom stereocenters. The van der Waals surface area contributed by atoms with Crippen molar-refractivity contribution >= 4 is 39.8 Å². The van der Waals surface area contributed by atoms with Crippen LogP contribution in [-0.4, -0.2) is 25.2 Å². The van der Waals surface area contributed by atoms with Crippen LogP contribution >= 0.6 is 22.9 Å². The third-order valence-corrected chi connectivity index (χ3v) is 6.19. The molecule has 7 nitrogen and oxygen atoms in total. The van der Waals surface area contributed by atoms with Crippen molar-refractivity contribution in [2.24, 2.45) is 5.73 Å². The van der Waals surface area contributed by atoms with Crippen molar-refractivity contribution < 1.29 is 23.8 Å². The molecule has 3 aromatic rings. The normalized spacial score (nSPS) is 11.9. The van der Waals surface area contributed by atoms with Gasteiger partial charge in [0.15, 0.2) is 18.1 Å². The molecule has 0 saturated heterocycles. The Labute approximate surface area is 187 Å². The number of amides is 2. The fourth-order valence-electron chi connectivity index (χ4n) is 3.19. The predicted molar refractivity (Wildman–Crippen MR) is 119 cm³/mol. The number of carbonyl (C=O) groups is 2. The van der Waals surface area contributed by atoms with Crippen molar-refractivity contribution in [1.29, 1.82) is 0 Å². The first kappa shape index (κ1) is 21.0. The lowest BCUT2D eigenvalue weighted by Gasteiger charge is -2.07. The van der Waals surface area contributed by atoms with E-state index in [0.717, 1.165) is 16.0 Å². The lowest BCUT2D eigenvalue weighted by atomic mass is 10.1. The highest BCUT2D eigenvalue weighted by molar-refractivity contribution is 7.17. The minimum absolute atomic E-state index is 0.205. The summed E-state index contributed by atoms with van der Waals surface area (Å²) >= 11 is 7.16. The largest absolute Gasteiger partial charge is 0.484 e. The van der Waals surface area contributed by atoms with Crippen molar-refractivity contribution in [2.45, 2.75) is 13.3 Å². The molecule has 0 spiro atoms. The maximum Gasteiger partial charge on any atom is 0.262 e. The first-order valence-corrected chi connectivity index (χ1v) is 10.6. The number of primary amides is 1. The number of carbonyl (C=O) groups excluding carboxylic acids is 2. The van der Waals surface area contributed by atoms with Gasteiger partial charge in [-0.25, -0.2) is 0 Å². The molecular formula is C22H19ClN2O5S. The number of nitrogens with one attached hydrogen (secondary N) is 1. The fraction of sp³-hybridized carbons (Fsp3) is 0.182. The van der Waals surface area contributed by atoms with Gasteiger partial charge in [0.05, 0.1) is 5.56 Å². The number of thiophene rings is 1. The Bertz CT molecular complexity index is 1140. The smallest absolute Gasteiger partial charge is 0.262 e. The van der Waals surface area contributed by atoms with Gasteiger partial charge in [0.25, 0.3) is 11.8 Å². The standard InChI is InChI=1S/C22H19ClN2O5S/c1-12-18(9-13-2-7-16-17(8-13)30-11-29-16)31-22(20(12)21(24)27)25-19(26)10-28-15-5-3-14(23)4-6-15/h2-8H,9-11H2,1H3,(H2,24,27)(H,25,26). The number of fused-ring (bicyclic) bond motifs is 1. The van der Waals surface area contributed by atoms with Gasteiger partial charge in [0.1, 0.15) is 10.8 Å². The van der Waals surface area contributed by atoms with Gasteiger partial charge < -0.3 is 25.3 Å². The second-order valence-electron chi connectivity index (χ2n) is 6.87. The van der Waals surface area contributed by atoms with Gasteiger partial charge in [0, 0.05) is 16.3 Å². The summed E-state index contributed by atoms with van der Waals surface area (Å²) in [6, 6.07) is 12.4. The summed E-state index contributed by atoms with van der Waals surface area (Å²) in [5.41, 5.74) is 7.63. The van der Waals surface area contributed by atoms with Crippen LogP contribution in [0.15, 0.2) is 42.5 Å². The number of ether oxygens (including phenoxy) is 3. The molecule has 0 bridgehead atoms. The Morgan fingerprint density at radius 3 is 2.65 bits per heavy atom. The van der Waals surface area contributed by atoms with Gasteiger partial charge in [-0.15, -0.1) is 11.3 Å². The second-order valence-corrected chi connectivity index (χ2v) is 8.42.